The maximum absolute atomic E-state index is 11.9. The maximum Gasteiger partial charge on any atom is 0.149 e. The van der Waals surface area contributed by atoms with Crippen LogP contribution in [0.4, 0.5) is 0 Å². The van der Waals surface area contributed by atoms with Gasteiger partial charge in [0.15, 0.2) is 0 Å². The first-order chi connectivity index (χ1) is 5.90. The van der Waals surface area contributed by atoms with Crippen LogP contribution < -0.4 is 4.72 Å². The lowest BCUT2D eigenvalue weighted by Gasteiger charge is -2.27. The van der Waals surface area contributed by atoms with Crippen molar-refractivity contribution < 1.29 is 4.55 Å². The average molecular weight is 201 g/mol. The molecule has 0 spiro atoms. The normalized spacial score (nSPS) is 22.5. The third-order valence-corrected chi connectivity index (χ3v) is 4.28. The lowest BCUT2D eigenvalue weighted by molar-refractivity contribution is 0.481. The van der Waals surface area contributed by atoms with E-state index in [1.165, 1.54) is 0 Å². The van der Waals surface area contributed by atoms with Gasteiger partial charge in [-0.25, -0.2) is 0 Å². The monoisotopic (exact) mass is 201 g/mol. The van der Waals surface area contributed by atoms with Gasteiger partial charge in [0.2, 0.25) is 0 Å². The fourth-order valence-corrected chi connectivity index (χ4v) is 2.77. The summed E-state index contributed by atoms with van der Waals surface area (Å²) < 4.78 is 15.0. The molecule has 1 aliphatic carbocycles. The smallest absolute Gasteiger partial charge is 0.149 e. The van der Waals surface area contributed by atoms with Crippen molar-refractivity contribution in [3.63, 3.8) is 0 Å². The topological polar surface area (TPSA) is 35.1 Å². The molecule has 0 saturated heterocycles. The van der Waals surface area contributed by atoms with Crippen molar-refractivity contribution in [3.8, 4) is 0 Å². The molecular formula is C10H19NOS. The Labute approximate surface area is 84.1 Å². The molecule has 1 rings (SSSR count). The Bertz CT molecular complexity index is 194. The predicted molar refractivity (Wildman–Crippen MR) is 57.8 cm³/mol. The summed E-state index contributed by atoms with van der Waals surface area (Å²) in [5, 5.41) is 0. The molecule has 1 aliphatic rings. The maximum atomic E-state index is 11.9. The number of rotatable bonds is 4. The van der Waals surface area contributed by atoms with Crippen molar-refractivity contribution in [3.05, 3.63) is 12.7 Å². The molecular weight excluding hydrogens is 182 g/mol. The third kappa shape index (κ3) is 3.01. The number of nitrogens with one attached hydrogen (secondary N) is 1. The summed E-state index contributed by atoms with van der Waals surface area (Å²) in [5.74, 6) is 0. The Morgan fingerprint density at radius 2 is 2.08 bits per heavy atom. The molecule has 1 unspecified atom stereocenters. The molecule has 13 heavy (non-hydrogen) atoms. The van der Waals surface area contributed by atoms with Gasteiger partial charge in [0.25, 0.3) is 0 Å². The van der Waals surface area contributed by atoms with Crippen molar-refractivity contribution in [2.75, 3.05) is 0 Å². The van der Waals surface area contributed by atoms with E-state index in [-0.39, 0.29) is 10.3 Å². The molecule has 2 nitrogen and oxygen atoms in total. The van der Waals surface area contributed by atoms with Gasteiger partial charge in [0.05, 0.1) is 5.54 Å². The van der Waals surface area contributed by atoms with Crippen LogP contribution in [0.1, 0.15) is 40.0 Å². The summed E-state index contributed by atoms with van der Waals surface area (Å²) in [6.07, 6.45) is 4.86. The van der Waals surface area contributed by atoms with Gasteiger partial charge in [-0.2, -0.15) is 0 Å². The minimum absolute atomic E-state index is 0.00896. The van der Waals surface area contributed by atoms with E-state index in [2.05, 4.69) is 11.3 Å². The third-order valence-electron chi connectivity index (χ3n) is 2.12. The predicted octanol–water partition coefficient (Wildman–Crippen LogP) is 2.15. The second-order valence-corrected chi connectivity index (χ2v) is 6.40. The van der Waals surface area contributed by atoms with Gasteiger partial charge >= 0.3 is 0 Å². The minimum Gasteiger partial charge on any atom is -0.598 e. The van der Waals surface area contributed by atoms with E-state index in [0.717, 1.165) is 19.3 Å². The van der Waals surface area contributed by atoms with Crippen molar-refractivity contribution in [1.82, 2.24) is 4.72 Å². The van der Waals surface area contributed by atoms with Crippen LogP contribution in [0, 0.1) is 0 Å². The van der Waals surface area contributed by atoms with Crippen LogP contribution in [0.5, 0.6) is 0 Å². The van der Waals surface area contributed by atoms with Gasteiger partial charge in [0, 0.05) is 30.6 Å². The zero-order valence-corrected chi connectivity index (χ0v) is 9.54. The second kappa shape index (κ2) is 3.64. The highest BCUT2D eigenvalue weighted by Gasteiger charge is 2.54. The van der Waals surface area contributed by atoms with Gasteiger partial charge in [0.1, 0.15) is 4.75 Å². The molecule has 0 bridgehead atoms. The SMILES string of the molecule is C=CCC1([S+]([O-])NC(C)(C)C)CC1. The van der Waals surface area contributed by atoms with Gasteiger partial charge < -0.3 is 4.55 Å². The van der Waals surface area contributed by atoms with E-state index in [0.29, 0.717) is 0 Å². The molecule has 0 radical (unpaired) electrons. The molecule has 1 saturated carbocycles. The summed E-state index contributed by atoms with van der Waals surface area (Å²) in [6.45, 7) is 9.81. The average Bonchev–Trinajstić information content (AvgIpc) is 2.66. The van der Waals surface area contributed by atoms with Crippen LogP contribution >= 0.6 is 0 Å². The highest BCUT2D eigenvalue weighted by molar-refractivity contribution is 7.91. The lowest BCUT2D eigenvalue weighted by atomic mass is 10.1. The van der Waals surface area contributed by atoms with Gasteiger partial charge in [-0.15, -0.1) is 11.3 Å². The molecule has 0 amide bonds. The standard InChI is InChI=1S/C10H19NOS/c1-5-6-10(7-8-10)13(12)11-9(2,3)4/h5,11H,1,6-8H2,2-4H3. The molecule has 1 fully saturated rings. The molecule has 1 atom stereocenters. The Kier molecular flexibility index (Phi) is 3.10. The first-order valence-electron chi connectivity index (χ1n) is 4.70. The minimum atomic E-state index is -0.910. The van der Waals surface area contributed by atoms with Crippen LogP contribution in [0.3, 0.4) is 0 Å². The fourth-order valence-electron chi connectivity index (χ4n) is 1.25. The van der Waals surface area contributed by atoms with E-state index in [1.54, 1.807) is 0 Å². The van der Waals surface area contributed by atoms with Gasteiger partial charge in [-0.05, 0) is 20.8 Å². The second-order valence-electron chi connectivity index (χ2n) is 4.80. The summed E-state index contributed by atoms with van der Waals surface area (Å²) in [5.41, 5.74) is -0.0678. The fraction of sp³-hybridized carbons (Fsp3) is 0.800. The van der Waals surface area contributed by atoms with Crippen LogP contribution in [0.2, 0.25) is 0 Å². The largest absolute Gasteiger partial charge is 0.598 e. The Morgan fingerprint density at radius 3 is 2.38 bits per heavy atom. The molecule has 76 valence electrons. The molecule has 0 heterocycles. The van der Waals surface area contributed by atoms with E-state index in [4.69, 9.17) is 0 Å². The van der Waals surface area contributed by atoms with Crippen LogP contribution in [0.25, 0.3) is 0 Å². The summed E-state index contributed by atoms with van der Waals surface area (Å²) in [7, 11) is 0. The van der Waals surface area contributed by atoms with Crippen LogP contribution in [-0.2, 0) is 11.4 Å². The number of allylic oxidation sites excluding steroid dienone is 1. The first kappa shape index (κ1) is 11.1. The summed E-state index contributed by atoms with van der Waals surface area (Å²) >= 11 is -0.910. The zero-order chi connectivity index (χ0) is 10.1. The van der Waals surface area contributed by atoms with Crippen molar-refractivity contribution in [2.45, 2.75) is 50.3 Å². The van der Waals surface area contributed by atoms with Crippen LogP contribution in [0.15, 0.2) is 12.7 Å². The quantitative estimate of drug-likeness (QED) is 0.559. The van der Waals surface area contributed by atoms with Gasteiger partial charge in [-0.3, -0.25) is 0 Å². The van der Waals surface area contributed by atoms with Crippen molar-refractivity contribution in [2.24, 2.45) is 0 Å². The molecule has 0 aromatic carbocycles. The highest BCUT2D eigenvalue weighted by Crippen LogP contribution is 2.46. The van der Waals surface area contributed by atoms with Crippen LogP contribution in [-0.4, -0.2) is 14.8 Å². The lowest BCUT2D eigenvalue weighted by Crippen LogP contribution is -2.46. The molecule has 1 N–H and O–H groups in total. The molecule has 0 aromatic rings. The zero-order valence-electron chi connectivity index (χ0n) is 8.72. The molecule has 3 heteroatoms. The van der Waals surface area contributed by atoms with E-state index in [9.17, 15) is 4.55 Å². The summed E-state index contributed by atoms with van der Waals surface area (Å²) in [4.78, 5) is 0. The van der Waals surface area contributed by atoms with E-state index >= 15 is 0 Å². The Hall–Kier alpha value is 0.01000. The van der Waals surface area contributed by atoms with Crippen molar-refractivity contribution >= 4 is 11.4 Å². The Morgan fingerprint density at radius 1 is 1.54 bits per heavy atom. The Balaban J connectivity index is 2.47. The molecule has 0 aromatic heterocycles. The van der Waals surface area contributed by atoms with E-state index in [1.807, 2.05) is 26.8 Å². The first-order valence-corrected chi connectivity index (χ1v) is 5.85. The summed E-state index contributed by atoms with van der Waals surface area (Å²) in [6, 6.07) is 0. The van der Waals surface area contributed by atoms with E-state index < -0.39 is 11.4 Å². The van der Waals surface area contributed by atoms with Crippen molar-refractivity contribution in [1.29, 1.82) is 0 Å². The molecule has 0 aliphatic heterocycles. The number of hydrogen-bond acceptors (Lipinski definition) is 2. The van der Waals surface area contributed by atoms with Gasteiger partial charge in [-0.1, -0.05) is 6.08 Å². The highest BCUT2D eigenvalue weighted by atomic mass is 32.2. The number of hydrogen-bond donors (Lipinski definition) is 1.